The van der Waals surface area contributed by atoms with E-state index in [4.69, 9.17) is 13.7 Å². The fourth-order valence-corrected chi connectivity index (χ4v) is 8.07. The van der Waals surface area contributed by atoms with Crippen molar-refractivity contribution in [2.24, 2.45) is 0 Å². The Balaban J connectivity index is 1.19. The number of benzene rings is 3. The molecule has 0 saturated heterocycles. The molecule has 1 unspecified atom stereocenters. The molecule has 0 amide bonds. The van der Waals surface area contributed by atoms with Crippen molar-refractivity contribution in [3.8, 4) is 17.2 Å². The summed E-state index contributed by atoms with van der Waals surface area (Å²) >= 11 is 0. The smallest absolute Gasteiger partial charge is 0.335 e. The Hall–Kier alpha value is -5.23. The standard InChI is InChI=1S/C41H44FN5O7S/c1-4-8-37-35(23-29-14-13-28(24-36(29)42)34-10-7-6-9-30(34)25-43)39(48)46(41-44-26-45-47(37)41)31-15-17-32(18-16-31)54-38(40(49)52-5-2)21-22-53-55(50,51)33-19-11-27(3)12-20-33/h6-7,9-14,19-20,24,26,31-32,38H,4-5,8,15-18,21-23H2,1-3H3/t31-,32-,38?. The first-order valence-electron chi connectivity index (χ1n) is 18.6. The lowest BCUT2D eigenvalue weighted by molar-refractivity contribution is -0.163. The van der Waals surface area contributed by atoms with Gasteiger partial charge in [0.25, 0.3) is 15.7 Å². The molecule has 1 aliphatic rings. The van der Waals surface area contributed by atoms with Crippen molar-refractivity contribution in [1.29, 1.82) is 5.26 Å². The van der Waals surface area contributed by atoms with Crippen molar-refractivity contribution in [2.45, 2.75) is 95.3 Å². The molecule has 1 atom stereocenters. The highest BCUT2D eigenvalue weighted by molar-refractivity contribution is 7.86. The number of hydrogen-bond donors (Lipinski definition) is 0. The van der Waals surface area contributed by atoms with E-state index in [1.165, 1.54) is 24.5 Å². The fourth-order valence-electron chi connectivity index (χ4n) is 7.15. The molecule has 2 heterocycles. The van der Waals surface area contributed by atoms with Gasteiger partial charge >= 0.3 is 5.97 Å². The lowest BCUT2D eigenvalue weighted by Gasteiger charge is -2.32. The van der Waals surface area contributed by atoms with Crippen LogP contribution < -0.4 is 5.56 Å². The fraction of sp³-hybridized carbons (Fsp3) is 0.390. The Morgan fingerprint density at radius 2 is 1.80 bits per heavy atom. The second-order valence-electron chi connectivity index (χ2n) is 13.6. The summed E-state index contributed by atoms with van der Waals surface area (Å²) in [5.74, 6) is -0.681. The first-order valence-corrected chi connectivity index (χ1v) is 20.0. The maximum absolute atomic E-state index is 15.8. The van der Waals surface area contributed by atoms with E-state index in [0.29, 0.717) is 71.4 Å². The predicted molar refractivity (Wildman–Crippen MR) is 202 cm³/mol. The molecular weight excluding hydrogens is 726 g/mol. The third-order valence-electron chi connectivity index (χ3n) is 9.94. The maximum Gasteiger partial charge on any atom is 0.335 e. The van der Waals surface area contributed by atoms with Crippen LogP contribution in [0.5, 0.6) is 0 Å². The number of ether oxygens (including phenoxy) is 2. The lowest BCUT2D eigenvalue weighted by atomic mass is 9.92. The van der Waals surface area contributed by atoms with Crippen LogP contribution >= 0.6 is 0 Å². The Labute approximate surface area is 319 Å². The number of aromatic nitrogens is 4. The SMILES string of the molecule is CCCc1c(Cc2ccc(-c3ccccc3C#N)cc2F)c(=O)n([C@H]2CC[C@H](OC(CCOS(=O)(=O)c3ccc(C)cc3)C(=O)OCC)CC2)c2ncnn12. The van der Waals surface area contributed by atoms with Crippen LogP contribution in [0.3, 0.4) is 0 Å². The summed E-state index contributed by atoms with van der Waals surface area (Å²) in [6.07, 6.45) is 3.32. The minimum Gasteiger partial charge on any atom is -0.464 e. The minimum atomic E-state index is -4.03. The van der Waals surface area contributed by atoms with E-state index >= 15 is 4.39 Å². The predicted octanol–water partition coefficient (Wildman–Crippen LogP) is 6.65. The number of nitrogens with zero attached hydrogens (tertiary/aromatic N) is 5. The van der Waals surface area contributed by atoms with Gasteiger partial charge in [-0.1, -0.05) is 61.4 Å². The van der Waals surface area contributed by atoms with Crippen LogP contribution in [0.2, 0.25) is 0 Å². The van der Waals surface area contributed by atoms with Gasteiger partial charge in [-0.05, 0) is 86.9 Å². The lowest BCUT2D eigenvalue weighted by Crippen LogP contribution is -2.37. The van der Waals surface area contributed by atoms with E-state index in [0.717, 1.165) is 12.0 Å². The molecule has 55 heavy (non-hydrogen) atoms. The zero-order chi connectivity index (χ0) is 39.1. The van der Waals surface area contributed by atoms with Gasteiger partial charge < -0.3 is 9.47 Å². The highest BCUT2D eigenvalue weighted by Crippen LogP contribution is 2.32. The van der Waals surface area contributed by atoms with Gasteiger partial charge in [0.15, 0.2) is 6.10 Å². The van der Waals surface area contributed by atoms with E-state index in [1.807, 2.05) is 13.8 Å². The van der Waals surface area contributed by atoms with Gasteiger partial charge in [-0.25, -0.2) is 13.7 Å². The highest BCUT2D eigenvalue weighted by Gasteiger charge is 2.32. The number of fused-ring (bicyclic) bond motifs is 1. The Morgan fingerprint density at radius 3 is 2.49 bits per heavy atom. The molecule has 0 spiro atoms. The van der Waals surface area contributed by atoms with E-state index in [1.54, 1.807) is 64.5 Å². The Bertz CT molecular complexity index is 2360. The van der Waals surface area contributed by atoms with Gasteiger partial charge in [-0.2, -0.15) is 23.8 Å². The molecule has 0 bridgehead atoms. The van der Waals surface area contributed by atoms with Gasteiger partial charge in [0.1, 0.15) is 12.1 Å². The minimum absolute atomic E-state index is 0.0224. The molecule has 0 radical (unpaired) electrons. The van der Waals surface area contributed by atoms with Gasteiger partial charge in [0.2, 0.25) is 5.78 Å². The van der Waals surface area contributed by atoms with Gasteiger partial charge in [-0.15, -0.1) is 0 Å². The van der Waals surface area contributed by atoms with Crippen molar-refractivity contribution in [2.75, 3.05) is 13.2 Å². The second kappa shape index (κ2) is 17.5. The monoisotopic (exact) mass is 769 g/mol. The summed E-state index contributed by atoms with van der Waals surface area (Å²) in [5, 5.41) is 14.0. The molecule has 0 N–H and O–H groups in total. The molecule has 2 aromatic heterocycles. The largest absolute Gasteiger partial charge is 0.464 e. The number of hydrogen-bond acceptors (Lipinski definition) is 10. The molecule has 0 aliphatic heterocycles. The summed E-state index contributed by atoms with van der Waals surface area (Å²) in [5.41, 5.74) is 3.74. The van der Waals surface area contributed by atoms with Crippen molar-refractivity contribution in [3.63, 3.8) is 0 Å². The number of carbonyl (C=O) groups is 1. The summed E-state index contributed by atoms with van der Waals surface area (Å²) in [6.45, 7) is 5.38. The van der Waals surface area contributed by atoms with Crippen molar-refractivity contribution >= 4 is 21.9 Å². The summed E-state index contributed by atoms with van der Waals surface area (Å²) in [7, 11) is -4.03. The van der Waals surface area contributed by atoms with Gasteiger partial charge in [0, 0.05) is 24.4 Å². The summed E-state index contributed by atoms with van der Waals surface area (Å²) in [4.78, 5) is 31.9. The maximum atomic E-state index is 15.8. The number of rotatable bonds is 15. The molecule has 12 nitrogen and oxygen atoms in total. The zero-order valence-corrected chi connectivity index (χ0v) is 31.9. The van der Waals surface area contributed by atoms with E-state index in [2.05, 4.69) is 16.2 Å². The Morgan fingerprint density at radius 1 is 1.05 bits per heavy atom. The molecular formula is C41H44FN5O7S. The third-order valence-corrected chi connectivity index (χ3v) is 11.3. The van der Waals surface area contributed by atoms with Crippen LogP contribution in [0.4, 0.5) is 4.39 Å². The highest BCUT2D eigenvalue weighted by atomic mass is 32.2. The van der Waals surface area contributed by atoms with Crippen LogP contribution in [-0.4, -0.2) is 59.0 Å². The molecule has 5 aromatic rings. The molecule has 1 fully saturated rings. The number of nitriles is 1. The average Bonchev–Trinajstić information content (AvgIpc) is 3.66. The van der Waals surface area contributed by atoms with Crippen LogP contribution in [0.25, 0.3) is 16.9 Å². The first kappa shape index (κ1) is 39.5. The van der Waals surface area contributed by atoms with Gasteiger partial charge in [0.05, 0.1) is 41.5 Å². The molecule has 1 aliphatic carbocycles. The molecule has 14 heteroatoms. The second-order valence-corrected chi connectivity index (χ2v) is 15.3. The quantitative estimate of drug-likeness (QED) is 0.0835. The zero-order valence-electron chi connectivity index (χ0n) is 31.1. The van der Waals surface area contributed by atoms with Crippen molar-refractivity contribution in [1.82, 2.24) is 19.2 Å². The van der Waals surface area contributed by atoms with Gasteiger partial charge in [-0.3, -0.25) is 13.5 Å². The van der Waals surface area contributed by atoms with Crippen LogP contribution in [0.1, 0.15) is 86.4 Å². The molecule has 6 rings (SSSR count). The number of esters is 1. The van der Waals surface area contributed by atoms with Crippen molar-refractivity contribution < 1.29 is 31.3 Å². The van der Waals surface area contributed by atoms with Crippen LogP contribution in [0.15, 0.2) is 82.7 Å². The van der Waals surface area contributed by atoms with E-state index in [9.17, 15) is 23.3 Å². The molecule has 1 saturated carbocycles. The van der Waals surface area contributed by atoms with E-state index < -0.39 is 28.0 Å². The van der Waals surface area contributed by atoms with Crippen molar-refractivity contribution in [3.05, 3.63) is 117 Å². The Kier molecular flexibility index (Phi) is 12.5. The average molecular weight is 770 g/mol. The number of halogens is 1. The molecule has 288 valence electrons. The summed E-state index contributed by atoms with van der Waals surface area (Å²) < 4.78 is 61.3. The summed E-state index contributed by atoms with van der Waals surface area (Å²) in [6, 6.07) is 20.0. The third kappa shape index (κ3) is 8.85. The molecule has 3 aromatic carbocycles. The topological polar surface area (TPSA) is 155 Å². The first-order chi connectivity index (χ1) is 26.5. The number of carbonyl (C=O) groups excluding carboxylic acids is 1. The van der Waals surface area contributed by atoms with Crippen LogP contribution in [0, 0.1) is 24.1 Å². The van der Waals surface area contributed by atoms with E-state index in [-0.39, 0.29) is 48.7 Å². The van der Waals surface area contributed by atoms with Crippen LogP contribution in [-0.2, 0) is 41.4 Å². The number of aryl methyl sites for hydroxylation is 2. The normalized spacial score (nSPS) is 16.5.